The van der Waals surface area contributed by atoms with Crippen molar-refractivity contribution in [2.75, 3.05) is 19.7 Å². The van der Waals surface area contributed by atoms with Crippen LogP contribution < -0.4 is 0 Å². The first-order chi connectivity index (χ1) is 8.16. The van der Waals surface area contributed by atoms with E-state index >= 15 is 0 Å². The molecule has 2 atom stereocenters. The summed E-state index contributed by atoms with van der Waals surface area (Å²) in [6.45, 7) is 1.80. The number of carboxylic acids is 1. The van der Waals surface area contributed by atoms with Gasteiger partial charge >= 0.3 is 5.97 Å². The number of aliphatic carboxylic acids is 1. The van der Waals surface area contributed by atoms with Crippen molar-refractivity contribution < 1.29 is 19.4 Å². The molecule has 1 N–H and O–H groups in total. The summed E-state index contributed by atoms with van der Waals surface area (Å²) in [6.07, 6.45) is 3.89. The van der Waals surface area contributed by atoms with E-state index in [2.05, 4.69) is 0 Å². The van der Waals surface area contributed by atoms with E-state index in [9.17, 15) is 9.59 Å². The van der Waals surface area contributed by atoms with E-state index in [0.29, 0.717) is 25.9 Å². The number of carbonyl (C=O) groups excluding carboxylic acids is 1. The Morgan fingerprint density at radius 3 is 2.76 bits per heavy atom. The SMILES string of the molecule is O=C(O)[C@@H]1CCCN(C(=O)CC2CCCO2)C1. The molecule has 0 bridgehead atoms. The maximum absolute atomic E-state index is 12.0. The third kappa shape index (κ3) is 3.19. The lowest BCUT2D eigenvalue weighted by Crippen LogP contribution is -2.43. The number of ether oxygens (including phenoxy) is 1. The molecule has 2 rings (SSSR count). The van der Waals surface area contributed by atoms with Crippen molar-refractivity contribution in [3.8, 4) is 0 Å². The predicted octanol–water partition coefficient (Wildman–Crippen LogP) is 0.879. The lowest BCUT2D eigenvalue weighted by Gasteiger charge is -2.31. The van der Waals surface area contributed by atoms with Gasteiger partial charge in [-0.15, -0.1) is 0 Å². The fraction of sp³-hybridized carbons (Fsp3) is 0.833. The highest BCUT2D eigenvalue weighted by Gasteiger charge is 2.29. The number of hydrogen-bond donors (Lipinski definition) is 1. The summed E-state index contributed by atoms with van der Waals surface area (Å²) < 4.78 is 5.42. The van der Waals surface area contributed by atoms with Crippen LogP contribution in [-0.4, -0.2) is 47.7 Å². The topological polar surface area (TPSA) is 66.8 Å². The van der Waals surface area contributed by atoms with Gasteiger partial charge in [-0.1, -0.05) is 0 Å². The van der Waals surface area contributed by atoms with Crippen molar-refractivity contribution in [2.24, 2.45) is 5.92 Å². The second-order valence-corrected chi connectivity index (χ2v) is 4.86. The summed E-state index contributed by atoms with van der Waals surface area (Å²) >= 11 is 0. The second-order valence-electron chi connectivity index (χ2n) is 4.86. The third-order valence-electron chi connectivity index (χ3n) is 3.55. The fourth-order valence-corrected chi connectivity index (χ4v) is 2.53. The highest BCUT2D eigenvalue weighted by Crippen LogP contribution is 2.20. The van der Waals surface area contributed by atoms with Gasteiger partial charge in [-0.25, -0.2) is 0 Å². The van der Waals surface area contributed by atoms with Crippen molar-refractivity contribution in [1.29, 1.82) is 0 Å². The van der Waals surface area contributed by atoms with Gasteiger partial charge in [0.1, 0.15) is 0 Å². The van der Waals surface area contributed by atoms with E-state index in [1.807, 2.05) is 0 Å². The molecule has 2 saturated heterocycles. The zero-order valence-corrected chi connectivity index (χ0v) is 9.93. The Morgan fingerprint density at radius 2 is 2.12 bits per heavy atom. The third-order valence-corrected chi connectivity index (χ3v) is 3.55. The van der Waals surface area contributed by atoms with E-state index in [0.717, 1.165) is 25.9 Å². The zero-order chi connectivity index (χ0) is 12.3. The van der Waals surface area contributed by atoms with Gasteiger partial charge in [0.15, 0.2) is 0 Å². The smallest absolute Gasteiger partial charge is 0.308 e. The number of carbonyl (C=O) groups is 2. The summed E-state index contributed by atoms with van der Waals surface area (Å²) in [5, 5.41) is 8.96. The van der Waals surface area contributed by atoms with E-state index < -0.39 is 11.9 Å². The molecule has 0 saturated carbocycles. The number of carboxylic acid groups (broad SMARTS) is 1. The van der Waals surface area contributed by atoms with Crippen molar-refractivity contribution in [2.45, 2.75) is 38.2 Å². The summed E-state index contributed by atoms with van der Waals surface area (Å²) in [4.78, 5) is 24.6. The molecule has 0 aromatic carbocycles. The maximum atomic E-state index is 12.0. The van der Waals surface area contributed by atoms with Gasteiger partial charge in [0, 0.05) is 19.7 Å². The molecule has 5 nitrogen and oxygen atoms in total. The minimum Gasteiger partial charge on any atom is -0.481 e. The molecule has 2 fully saturated rings. The van der Waals surface area contributed by atoms with Crippen LogP contribution in [0.15, 0.2) is 0 Å². The molecule has 0 spiro atoms. The summed E-state index contributed by atoms with van der Waals surface area (Å²) in [5.41, 5.74) is 0. The van der Waals surface area contributed by atoms with Crippen LogP contribution in [-0.2, 0) is 14.3 Å². The van der Waals surface area contributed by atoms with Crippen LogP contribution >= 0.6 is 0 Å². The molecule has 5 heteroatoms. The highest BCUT2D eigenvalue weighted by atomic mass is 16.5. The van der Waals surface area contributed by atoms with Gasteiger partial charge in [0.25, 0.3) is 0 Å². The molecule has 2 heterocycles. The number of amides is 1. The average Bonchev–Trinajstić information content (AvgIpc) is 2.82. The Bertz CT molecular complexity index is 299. The predicted molar refractivity (Wildman–Crippen MR) is 60.5 cm³/mol. The van der Waals surface area contributed by atoms with Gasteiger partial charge < -0.3 is 14.7 Å². The van der Waals surface area contributed by atoms with Crippen molar-refractivity contribution in [3.05, 3.63) is 0 Å². The quantitative estimate of drug-likeness (QED) is 0.796. The van der Waals surface area contributed by atoms with Crippen LogP contribution in [0.4, 0.5) is 0 Å². The monoisotopic (exact) mass is 241 g/mol. The number of likely N-dealkylation sites (tertiary alicyclic amines) is 1. The minimum absolute atomic E-state index is 0.0443. The first-order valence-electron chi connectivity index (χ1n) is 6.29. The second kappa shape index (κ2) is 5.49. The van der Waals surface area contributed by atoms with Crippen molar-refractivity contribution in [3.63, 3.8) is 0 Å². The van der Waals surface area contributed by atoms with E-state index in [1.54, 1.807) is 4.90 Å². The number of hydrogen-bond acceptors (Lipinski definition) is 3. The van der Waals surface area contributed by atoms with Gasteiger partial charge in [0.05, 0.1) is 18.4 Å². The molecule has 0 aromatic heterocycles. The molecule has 0 aliphatic carbocycles. The minimum atomic E-state index is -0.792. The lowest BCUT2D eigenvalue weighted by atomic mass is 9.98. The molecular weight excluding hydrogens is 222 g/mol. The van der Waals surface area contributed by atoms with Crippen molar-refractivity contribution >= 4 is 11.9 Å². The average molecular weight is 241 g/mol. The Morgan fingerprint density at radius 1 is 1.29 bits per heavy atom. The normalized spacial score (nSPS) is 29.3. The Kier molecular flexibility index (Phi) is 3.99. The highest BCUT2D eigenvalue weighted by molar-refractivity contribution is 5.78. The Labute approximate surface area is 101 Å². The number of piperidine rings is 1. The lowest BCUT2D eigenvalue weighted by molar-refractivity contribution is -0.146. The maximum Gasteiger partial charge on any atom is 0.308 e. The van der Waals surface area contributed by atoms with Crippen LogP contribution in [0.5, 0.6) is 0 Å². The van der Waals surface area contributed by atoms with Crippen molar-refractivity contribution in [1.82, 2.24) is 4.90 Å². The van der Waals surface area contributed by atoms with Crippen LogP contribution in [0.2, 0.25) is 0 Å². The standard InChI is InChI=1S/C12H19NO4/c14-11(7-10-4-2-6-17-10)13-5-1-3-9(8-13)12(15)16/h9-10H,1-8H2,(H,15,16)/t9-,10?/m1/s1. The molecule has 2 aliphatic rings. The molecule has 2 aliphatic heterocycles. The van der Waals surface area contributed by atoms with E-state index in [4.69, 9.17) is 9.84 Å². The molecule has 0 radical (unpaired) electrons. The van der Waals surface area contributed by atoms with Crippen LogP contribution in [0.25, 0.3) is 0 Å². The van der Waals surface area contributed by atoms with Gasteiger partial charge in [-0.3, -0.25) is 9.59 Å². The zero-order valence-electron chi connectivity index (χ0n) is 9.93. The number of nitrogens with zero attached hydrogens (tertiary/aromatic N) is 1. The van der Waals surface area contributed by atoms with E-state index in [-0.39, 0.29) is 12.0 Å². The Hall–Kier alpha value is -1.10. The first-order valence-corrected chi connectivity index (χ1v) is 6.29. The largest absolute Gasteiger partial charge is 0.481 e. The molecule has 1 unspecified atom stereocenters. The summed E-state index contributed by atoms with van der Waals surface area (Å²) in [5.74, 6) is -1.14. The van der Waals surface area contributed by atoms with Crippen LogP contribution in [0.1, 0.15) is 32.1 Å². The van der Waals surface area contributed by atoms with Crippen LogP contribution in [0, 0.1) is 5.92 Å². The van der Waals surface area contributed by atoms with Crippen LogP contribution in [0.3, 0.4) is 0 Å². The van der Waals surface area contributed by atoms with E-state index in [1.165, 1.54) is 0 Å². The summed E-state index contributed by atoms with van der Waals surface area (Å²) in [7, 11) is 0. The summed E-state index contributed by atoms with van der Waals surface area (Å²) in [6, 6.07) is 0. The molecular formula is C12H19NO4. The molecule has 17 heavy (non-hydrogen) atoms. The molecule has 1 amide bonds. The van der Waals surface area contributed by atoms with Gasteiger partial charge in [0.2, 0.25) is 5.91 Å². The Balaban J connectivity index is 1.83. The molecule has 0 aromatic rings. The molecule has 96 valence electrons. The van der Waals surface area contributed by atoms with Gasteiger partial charge in [-0.2, -0.15) is 0 Å². The first kappa shape index (κ1) is 12.4. The van der Waals surface area contributed by atoms with Gasteiger partial charge in [-0.05, 0) is 25.7 Å². The number of rotatable bonds is 3. The fourth-order valence-electron chi connectivity index (χ4n) is 2.53.